The van der Waals surface area contributed by atoms with Crippen LogP contribution in [0, 0.1) is 0 Å². The quantitative estimate of drug-likeness (QED) is 0.841. The molecule has 17 heavy (non-hydrogen) atoms. The summed E-state index contributed by atoms with van der Waals surface area (Å²) in [5.41, 5.74) is 1.90. The maximum atomic E-state index is 11.2. The summed E-state index contributed by atoms with van der Waals surface area (Å²) < 4.78 is 5.32. The number of benzene rings is 1. The van der Waals surface area contributed by atoms with Crippen LogP contribution in [0.5, 0.6) is 5.75 Å². The summed E-state index contributed by atoms with van der Waals surface area (Å²) in [5, 5.41) is 6.24. The highest BCUT2D eigenvalue weighted by atomic mass is 16.5. The van der Waals surface area contributed by atoms with Crippen LogP contribution in [0.1, 0.15) is 32.4 Å². The molecule has 0 saturated heterocycles. The van der Waals surface area contributed by atoms with Crippen molar-refractivity contribution in [1.29, 1.82) is 0 Å². The molecule has 4 nitrogen and oxygen atoms in total. The third-order valence-corrected chi connectivity index (χ3v) is 2.72. The highest BCUT2D eigenvalue weighted by molar-refractivity contribution is 5.95. The first-order chi connectivity index (χ1) is 8.06. The fraction of sp³-hybridized carbons (Fsp3) is 0.462. The van der Waals surface area contributed by atoms with Crippen LogP contribution in [-0.2, 0) is 4.79 Å². The van der Waals surface area contributed by atoms with Crippen LogP contribution in [0.3, 0.4) is 0 Å². The maximum Gasteiger partial charge on any atom is 0.262 e. The van der Waals surface area contributed by atoms with E-state index in [2.05, 4.69) is 31.4 Å². The van der Waals surface area contributed by atoms with Crippen molar-refractivity contribution in [3.8, 4) is 5.75 Å². The van der Waals surface area contributed by atoms with Gasteiger partial charge in [-0.05, 0) is 24.6 Å². The third kappa shape index (κ3) is 2.77. The van der Waals surface area contributed by atoms with E-state index in [0.717, 1.165) is 17.0 Å². The van der Waals surface area contributed by atoms with E-state index in [4.69, 9.17) is 4.74 Å². The topological polar surface area (TPSA) is 50.4 Å². The Balaban J connectivity index is 2.20. The molecule has 2 rings (SSSR count). The normalized spacial score (nSPS) is 16.1. The van der Waals surface area contributed by atoms with Gasteiger partial charge in [0.05, 0.1) is 5.69 Å². The van der Waals surface area contributed by atoms with Gasteiger partial charge in [-0.15, -0.1) is 0 Å². The molecule has 1 aliphatic rings. The zero-order valence-electron chi connectivity index (χ0n) is 10.4. The van der Waals surface area contributed by atoms with E-state index in [9.17, 15) is 4.79 Å². The lowest BCUT2D eigenvalue weighted by atomic mass is 10.1. The van der Waals surface area contributed by atoms with Gasteiger partial charge in [0.15, 0.2) is 6.61 Å². The molecular formula is C13H18N2O2. The molecule has 0 saturated carbocycles. The zero-order valence-corrected chi connectivity index (χ0v) is 10.4. The minimum Gasteiger partial charge on any atom is -0.482 e. The number of amides is 1. The van der Waals surface area contributed by atoms with E-state index in [1.807, 2.05) is 18.2 Å². The van der Waals surface area contributed by atoms with Gasteiger partial charge in [0.2, 0.25) is 0 Å². The monoisotopic (exact) mass is 234 g/mol. The summed E-state index contributed by atoms with van der Waals surface area (Å²) in [6, 6.07) is 6.57. The van der Waals surface area contributed by atoms with Gasteiger partial charge in [0.25, 0.3) is 5.91 Å². The fourth-order valence-corrected chi connectivity index (χ4v) is 1.97. The number of nitrogens with one attached hydrogen (secondary N) is 2. The molecule has 0 radical (unpaired) electrons. The van der Waals surface area contributed by atoms with E-state index < -0.39 is 0 Å². The predicted molar refractivity (Wildman–Crippen MR) is 67.3 cm³/mol. The molecule has 0 bridgehead atoms. The second-order valence-corrected chi connectivity index (χ2v) is 4.64. The molecule has 1 aromatic carbocycles. The molecule has 1 unspecified atom stereocenters. The van der Waals surface area contributed by atoms with Crippen molar-refractivity contribution in [3.05, 3.63) is 23.8 Å². The SMILES string of the molecule is CC(C)NC(C)c1ccc2c(c1)NC(=O)CO2. The smallest absolute Gasteiger partial charge is 0.262 e. The minimum absolute atomic E-state index is 0.0980. The van der Waals surface area contributed by atoms with Crippen molar-refractivity contribution in [2.75, 3.05) is 11.9 Å². The third-order valence-electron chi connectivity index (χ3n) is 2.72. The summed E-state index contributed by atoms with van der Waals surface area (Å²) in [7, 11) is 0. The summed E-state index contributed by atoms with van der Waals surface area (Å²) in [5.74, 6) is 0.643. The molecule has 0 aromatic heterocycles. The molecule has 2 N–H and O–H groups in total. The van der Waals surface area contributed by atoms with Gasteiger partial charge in [0, 0.05) is 12.1 Å². The molecule has 1 aliphatic heterocycles. The van der Waals surface area contributed by atoms with Gasteiger partial charge >= 0.3 is 0 Å². The molecule has 0 fully saturated rings. The van der Waals surface area contributed by atoms with Crippen molar-refractivity contribution in [1.82, 2.24) is 5.32 Å². The standard InChI is InChI=1S/C13H18N2O2/c1-8(2)14-9(3)10-4-5-12-11(6-10)15-13(16)7-17-12/h4-6,8-9,14H,7H2,1-3H3,(H,15,16). The zero-order chi connectivity index (χ0) is 12.4. The number of hydrogen-bond donors (Lipinski definition) is 2. The Morgan fingerprint density at radius 3 is 2.82 bits per heavy atom. The number of ether oxygens (including phenoxy) is 1. The highest BCUT2D eigenvalue weighted by Crippen LogP contribution is 2.30. The van der Waals surface area contributed by atoms with Gasteiger partial charge in [0.1, 0.15) is 5.75 Å². The van der Waals surface area contributed by atoms with E-state index in [-0.39, 0.29) is 18.6 Å². The van der Waals surface area contributed by atoms with Gasteiger partial charge < -0.3 is 15.4 Å². The van der Waals surface area contributed by atoms with Crippen LogP contribution >= 0.6 is 0 Å². The Morgan fingerprint density at radius 2 is 2.12 bits per heavy atom. The van der Waals surface area contributed by atoms with Crippen molar-refractivity contribution >= 4 is 11.6 Å². The predicted octanol–water partition coefficient (Wildman–Crippen LogP) is 2.08. The summed E-state index contributed by atoms with van der Waals surface area (Å²) >= 11 is 0. The van der Waals surface area contributed by atoms with Gasteiger partial charge in [-0.2, -0.15) is 0 Å². The number of anilines is 1. The second kappa shape index (κ2) is 4.75. The summed E-state index contributed by atoms with van der Waals surface area (Å²) in [4.78, 5) is 11.2. The average Bonchev–Trinajstić information content (AvgIpc) is 2.27. The van der Waals surface area contributed by atoms with Crippen molar-refractivity contribution in [2.24, 2.45) is 0 Å². The van der Waals surface area contributed by atoms with Gasteiger partial charge in [-0.25, -0.2) is 0 Å². The largest absolute Gasteiger partial charge is 0.482 e. The molecule has 1 heterocycles. The number of carbonyl (C=O) groups is 1. The van der Waals surface area contributed by atoms with Crippen molar-refractivity contribution < 1.29 is 9.53 Å². The van der Waals surface area contributed by atoms with Crippen LogP contribution in [0.4, 0.5) is 5.69 Å². The van der Waals surface area contributed by atoms with Crippen LogP contribution in [0.2, 0.25) is 0 Å². The number of fused-ring (bicyclic) bond motifs is 1. The summed E-state index contributed by atoms with van der Waals surface area (Å²) in [6.07, 6.45) is 0. The lowest BCUT2D eigenvalue weighted by Gasteiger charge is -2.22. The molecule has 92 valence electrons. The highest BCUT2D eigenvalue weighted by Gasteiger charge is 2.17. The molecule has 0 aliphatic carbocycles. The number of carbonyl (C=O) groups excluding carboxylic acids is 1. The van der Waals surface area contributed by atoms with Crippen LogP contribution in [-0.4, -0.2) is 18.6 Å². The van der Waals surface area contributed by atoms with Gasteiger partial charge in [-0.1, -0.05) is 19.9 Å². The molecular weight excluding hydrogens is 216 g/mol. The van der Waals surface area contributed by atoms with Gasteiger partial charge in [-0.3, -0.25) is 4.79 Å². The first-order valence-electron chi connectivity index (χ1n) is 5.89. The molecule has 1 amide bonds. The van der Waals surface area contributed by atoms with Crippen LogP contribution in [0.25, 0.3) is 0 Å². The Kier molecular flexibility index (Phi) is 3.33. The Bertz CT molecular complexity index is 429. The van der Waals surface area contributed by atoms with Crippen molar-refractivity contribution in [3.63, 3.8) is 0 Å². The fourth-order valence-electron chi connectivity index (χ4n) is 1.97. The van der Waals surface area contributed by atoms with Crippen molar-refractivity contribution in [2.45, 2.75) is 32.9 Å². The van der Waals surface area contributed by atoms with E-state index in [1.165, 1.54) is 0 Å². The molecule has 4 heteroatoms. The van der Waals surface area contributed by atoms with E-state index in [1.54, 1.807) is 0 Å². The first kappa shape index (κ1) is 11.9. The Hall–Kier alpha value is -1.55. The molecule has 0 spiro atoms. The van der Waals surface area contributed by atoms with E-state index in [0.29, 0.717) is 6.04 Å². The Labute approximate surface area is 101 Å². The average molecular weight is 234 g/mol. The first-order valence-corrected chi connectivity index (χ1v) is 5.89. The number of hydrogen-bond acceptors (Lipinski definition) is 3. The van der Waals surface area contributed by atoms with E-state index >= 15 is 0 Å². The lowest BCUT2D eigenvalue weighted by molar-refractivity contribution is -0.118. The minimum atomic E-state index is -0.0980. The molecule has 1 atom stereocenters. The second-order valence-electron chi connectivity index (χ2n) is 4.64. The van der Waals surface area contributed by atoms with Crippen LogP contribution < -0.4 is 15.4 Å². The van der Waals surface area contributed by atoms with Crippen LogP contribution in [0.15, 0.2) is 18.2 Å². The number of rotatable bonds is 3. The lowest BCUT2D eigenvalue weighted by Crippen LogP contribution is -2.27. The molecule has 1 aromatic rings. The maximum absolute atomic E-state index is 11.2. The summed E-state index contributed by atoms with van der Waals surface area (Å²) in [6.45, 7) is 6.43. The Morgan fingerprint density at radius 1 is 1.35 bits per heavy atom.